The first kappa shape index (κ1) is 9.44. The zero-order valence-corrected chi connectivity index (χ0v) is 7.30. The fourth-order valence-electron chi connectivity index (χ4n) is 1.13. The average molecular weight is 196 g/mol. The number of rotatable bonds is 3. The first-order valence-corrected chi connectivity index (χ1v) is 4.99. The number of hydrogen-bond acceptors (Lipinski definition) is 4. The summed E-state index contributed by atoms with van der Waals surface area (Å²) in [6.07, 6.45) is 0.413. The summed E-state index contributed by atoms with van der Waals surface area (Å²) in [5.41, 5.74) is 0. The van der Waals surface area contributed by atoms with Gasteiger partial charge in [-0.05, 0) is 12.3 Å². The van der Waals surface area contributed by atoms with E-state index in [1.807, 2.05) is 0 Å². The van der Waals surface area contributed by atoms with E-state index in [-0.39, 0.29) is 5.92 Å². The first-order chi connectivity index (χ1) is 5.44. The number of halogens is 1. The van der Waals surface area contributed by atoms with Crippen molar-refractivity contribution in [3.05, 3.63) is 0 Å². The predicted octanol–water partition coefficient (Wildman–Crippen LogP) is 0.0948. The number of hydrogen-bond donors (Lipinski definition) is 0. The Kier molecular flexibility index (Phi) is 2.36. The van der Waals surface area contributed by atoms with Crippen molar-refractivity contribution in [1.29, 1.82) is 0 Å². The Balaban J connectivity index is 2.39. The summed E-state index contributed by atoms with van der Waals surface area (Å²) in [4.78, 5) is 10.7. The molecule has 0 aromatic rings. The van der Waals surface area contributed by atoms with E-state index in [1.165, 1.54) is 7.11 Å². The maximum absolute atomic E-state index is 12.0. The predicted molar refractivity (Wildman–Crippen MR) is 38.5 cm³/mol. The zero-order chi connectivity index (χ0) is 9.35. The van der Waals surface area contributed by atoms with Crippen LogP contribution in [0, 0.1) is 11.8 Å². The van der Waals surface area contributed by atoms with Gasteiger partial charge < -0.3 is 4.74 Å². The maximum atomic E-state index is 12.0. The highest BCUT2D eigenvalue weighted by Crippen LogP contribution is 2.40. The second kappa shape index (κ2) is 3.01. The van der Waals surface area contributed by atoms with E-state index < -0.39 is 27.9 Å². The molecule has 6 heteroatoms. The highest BCUT2D eigenvalue weighted by atomic mass is 32.3. The second-order valence-corrected chi connectivity index (χ2v) is 4.24. The lowest BCUT2D eigenvalue weighted by Crippen LogP contribution is -2.08. The maximum Gasteiger partial charge on any atom is 0.308 e. The van der Waals surface area contributed by atoms with Gasteiger partial charge in [-0.25, -0.2) is 0 Å². The Morgan fingerprint density at radius 1 is 1.67 bits per heavy atom. The van der Waals surface area contributed by atoms with Gasteiger partial charge in [0.2, 0.25) is 0 Å². The van der Waals surface area contributed by atoms with Gasteiger partial charge in [0.15, 0.2) is 0 Å². The summed E-state index contributed by atoms with van der Waals surface area (Å²) >= 11 is 0. The molecule has 0 amide bonds. The molecule has 0 bridgehead atoms. The third kappa shape index (κ3) is 2.44. The Hall–Kier alpha value is -0.650. The SMILES string of the molecule is COC(=O)[C@@H]1C[C@@H]1CS(=O)(=O)F. The molecule has 1 rings (SSSR count). The second-order valence-electron chi connectivity index (χ2n) is 2.83. The van der Waals surface area contributed by atoms with E-state index in [9.17, 15) is 17.1 Å². The van der Waals surface area contributed by atoms with Crippen molar-refractivity contribution in [2.24, 2.45) is 11.8 Å². The molecule has 1 fully saturated rings. The smallest absolute Gasteiger partial charge is 0.308 e. The normalized spacial score (nSPS) is 28.2. The molecule has 0 aromatic heterocycles. The standard InChI is InChI=1S/C6H9FO4S/c1-11-6(8)5-2-4(5)3-12(7,9)10/h4-5H,2-3H2,1H3/t4-,5-/m1/s1. The number of esters is 1. The van der Waals surface area contributed by atoms with Crippen LogP contribution in [-0.2, 0) is 19.8 Å². The summed E-state index contributed by atoms with van der Waals surface area (Å²) in [7, 11) is -3.22. The fourth-order valence-corrected chi connectivity index (χ4v) is 2.01. The average Bonchev–Trinajstić information content (AvgIpc) is 2.62. The minimum absolute atomic E-state index is 0.382. The van der Waals surface area contributed by atoms with Gasteiger partial charge in [0.25, 0.3) is 0 Å². The molecule has 0 aromatic carbocycles. The van der Waals surface area contributed by atoms with Crippen LogP contribution in [0.2, 0.25) is 0 Å². The molecule has 1 aliphatic rings. The van der Waals surface area contributed by atoms with Crippen LogP contribution in [0.1, 0.15) is 6.42 Å². The molecule has 2 atom stereocenters. The molecule has 0 unspecified atom stereocenters. The van der Waals surface area contributed by atoms with Crippen molar-refractivity contribution in [2.75, 3.05) is 12.9 Å². The number of ether oxygens (including phenoxy) is 1. The minimum Gasteiger partial charge on any atom is -0.469 e. The van der Waals surface area contributed by atoms with E-state index in [2.05, 4.69) is 4.74 Å². The van der Waals surface area contributed by atoms with E-state index in [4.69, 9.17) is 0 Å². The summed E-state index contributed by atoms with van der Waals surface area (Å²) in [6, 6.07) is 0. The van der Waals surface area contributed by atoms with Crippen LogP contribution in [0.4, 0.5) is 3.89 Å². The monoisotopic (exact) mass is 196 g/mol. The van der Waals surface area contributed by atoms with Gasteiger partial charge in [0.1, 0.15) is 0 Å². The number of methoxy groups -OCH3 is 1. The summed E-state index contributed by atoms with van der Waals surface area (Å²) < 4.78 is 36.6. The van der Waals surface area contributed by atoms with E-state index in [0.29, 0.717) is 6.42 Å². The van der Waals surface area contributed by atoms with Crippen molar-refractivity contribution < 1.29 is 21.8 Å². The lowest BCUT2D eigenvalue weighted by molar-refractivity contribution is -0.142. The Bertz CT molecular complexity index is 284. The molecule has 1 saturated carbocycles. The fraction of sp³-hybridized carbons (Fsp3) is 0.833. The van der Waals surface area contributed by atoms with E-state index >= 15 is 0 Å². The van der Waals surface area contributed by atoms with Gasteiger partial charge in [-0.15, -0.1) is 3.89 Å². The third-order valence-corrected chi connectivity index (χ3v) is 2.67. The molecule has 0 aliphatic heterocycles. The first-order valence-electron chi connectivity index (χ1n) is 3.44. The van der Waals surface area contributed by atoms with Gasteiger partial charge in [-0.2, -0.15) is 8.42 Å². The summed E-state index contributed by atoms with van der Waals surface area (Å²) in [5.74, 6) is -1.82. The number of carbonyl (C=O) groups is 1. The van der Waals surface area contributed by atoms with E-state index in [1.54, 1.807) is 0 Å². The van der Waals surface area contributed by atoms with Gasteiger partial charge in [0, 0.05) is 0 Å². The van der Waals surface area contributed by atoms with Gasteiger partial charge >= 0.3 is 16.2 Å². The van der Waals surface area contributed by atoms with E-state index in [0.717, 1.165) is 0 Å². The van der Waals surface area contributed by atoms with Gasteiger partial charge in [-0.3, -0.25) is 4.79 Å². The van der Waals surface area contributed by atoms with Crippen molar-refractivity contribution in [2.45, 2.75) is 6.42 Å². The topological polar surface area (TPSA) is 60.4 Å². The van der Waals surface area contributed by atoms with Crippen LogP contribution in [0.5, 0.6) is 0 Å². The highest BCUT2D eigenvalue weighted by molar-refractivity contribution is 7.86. The molecule has 0 heterocycles. The van der Waals surface area contributed by atoms with Crippen molar-refractivity contribution in [3.63, 3.8) is 0 Å². The van der Waals surface area contributed by atoms with Crippen LogP contribution >= 0.6 is 0 Å². The van der Waals surface area contributed by atoms with Crippen LogP contribution < -0.4 is 0 Å². The Labute approximate surface area is 69.9 Å². The van der Waals surface area contributed by atoms with Crippen molar-refractivity contribution >= 4 is 16.2 Å². The lowest BCUT2D eigenvalue weighted by atomic mass is 10.3. The zero-order valence-electron chi connectivity index (χ0n) is 6.49. The summed E-state index contributed by atoms with van der Waals surface area (Å²) in [5, 5.41) is 0. The van der Waals surface area contributed by atoms with Gasteiger partial charge in [0.05, 0.1) is 18.8 Å². The third-order valence-electron chi connectivity index (χ3n) is 1.84. The molecule has 0 N–H and O–H groups in total. The van der Waals surface area contributed by atoms with Crippen LogP contribution in [0.3, 0.4) is 0 Å². The summed E-state index contributed by atoms with van der Waals surface area (Å²) in [6.45, 7) is 0. The molecule has 0 spiro atoms. The molecular weight excluding hydrogens is 187 g/mol. The Morgan fingerprint density at radius 3 is 2.67 bits per heavy atom. The van der Waals surface area contributed by atoms with Crippen LogP contribution in [0.25, 0.3) is 0 Å². The molecule has 0 saturated heterocycles. The minimum atomic E-state index is -4.44. The number of carbonyl (C=O) groups excluding carboxylic acids is 1. The molecule has 1 aliphatic carbocycles. The van der Waals surface area contributed by atoms with Crippen molar-refractivity contribution in [3.8, 4) is 0 Å². The molecule has 0 radical (unpaired) electrons. The lowest BCUT2D eigenvalue weighted by Gasteiger charge is -1.94. The molecule has 12 heavy (non-hydrogen) atoms. The quantitative estimate of drug-likeness (QED) is 0.474. The molecular formula is C6H9FO4S. The largest absolute Gasteiger partial charge is 0.469 e. The van der Waals surface area contributed by atoms with Crippen LogP contribution in [0.15, 0.2) is 0 Å². The molecule has 4 nitrogen and oxygen atoms in total. The highest BCUT2D eigenvalue weighted by Gasteiger charge is 2.46. The van der Waals surface area contributed by atoms with Crippen LogP contribution in [-0.4, -0.2) is 27.2 Å². The molecule has 70 valence electrons. The Morgan fingerprint density at radius 2 is 2.25 bits per heavy atom. The van der Waals surface area contributed by atoms with Crippen molar-refractivity contribution in [1.82, 2.24) is 0 Å². The van der Waals surface area contributed by atoms with Gasteiger partial charge in [-0.1, -0.05) is 0 Å².